The highest BCUT2D eigenvalue weighted by atomic mass is 79.9. The number of esters is 1. The van der Waals surface area contributed by atoms with Gasteiger partial charge in [-0.1, -0.05) is 33.6 Å². The lowest BCUT2D eigenvalue weighted by Crippen LogP contribution is -2.32. The van der Waals surface area contributed by atoms with Crippen molar-refractivity contribution in [3.63, 3.8) is 0 Å². The minimum Gasteiger partial charge on any atom is -0.497 e. The fourth-order valence-corrected chi connectivity index (χ4v) is 3.29. The maximum absolute atomic E-state index is 12.5. The Balaban J connectivity index is 1.67. The van der Waals surface area contributed by atoms with Gasteiger partial charge in [-0.25, -0.2) is 10.2 Å². The third-order valence-electron chi connectivity index (χ3n) is 4.59. The van der Waals surface area contributed by atoms with Crippen LogP contribution in [-0.4, -0.2) is 31.1 Å². The molecule has 0 heterocycles. The van der Waals surface area contributed by atoms with E-state index >= 15 is 0 Å². The zero-order chi connectivity index (χ0) is 24.7. The third kappa shape index (κ3) is 6.43. The van der Waals surface area contributed by atoms with Crippen LogP contribution < -0.4 is 20.2 Å². The summed E-state index contributed by atoms with van der Waals surface area (Å²) in [6.45, 7) is 1.72. The molecule has 0 saturated carbocycles. The Hall–Kier alpha value is -3.69. The van der Waals surface area contributed by atoms with Crippen LogP contribution in [0.4, 0.5) is 5.69 Å². The highest BCUT2D eigenvalue weighted by Crippen LogP contribution is 2.24. The number of benzene rings is 3. The molecule has 0 fully saturated rings. The van der Waals surface area contributed by atoms with Crippen molar-refractivity contribution in [2.24, 2.45) is 5.10 Å². The summed E-state index contributed by atoms with van der Waals surface area (Å²) in [4.78, 5) is 36.8. The van der Waals surface area contributed by atoms with E-state index in [9.17, 15) is 14.4 Å². The Labute approximate surface area is 209 Å². The molecule has 0 saturated heterocycles. The second kappa shape index (κ2) is 11.4. The Morgan fingerprint density at radius 3 is 2.47 bits per heavy atom. The number of ether oxygens (including phenoxy) is 2. The van der Waals surface area contributed by atoms with Crippen molar-refractivity contribution in [1.82, 2.24) is 5.43 Å². The summed E-state index contributed by atoms with van der Waals surface area (Å²) >= 11 is 9.36. The van der Waals surface area contributed by atoms with Crippen LogP contribution in [0.1, 0.15) is 21.5 Å². The summed E-state index contributed by atoms with van der Waals surface area (Å²) < 4.78 is 11.2. The number of rotatable bonds is 6. The predicted octanol–water partition coefficient (Wildman–Crippen LogP) is 4.73. The highest BCUT2D eigenvalue weighted by molar-refractivity contribution is 9.10. The molecule has 10 heteroatoms. The molecule has 2 amide bonds. The number of hydrogen-bond acceptors (Lipinski definition) is 6. The van der Waals surface area contributed by atoms with E-state index in [-0.39, 0.29) is 5.75 Å². The number of carbonyl (C=O) groups is 3. The molecule has 3 rings (SSSR count). The van der Waals surface area contributed by atoms with Gasteiger partial charge in [-0.05, 0) is 67.1 Å². The molecule has 0 spiro atoms. The van der Waals surface area contributed by atoms with Crippen LogP contribution in [0.15, 0.2) is 70.2 Å². The van der Waals surface area contributed by atoms with Crippen molar-refractivity contribution in [2.45, 2.75) is 6.92 Å². The molecule has 0 atom stereocenters. The smallest absolute Gasteiger partial charge is 0.343 e. The second-order valence-electron chi connectivity index (χ2n) is 6.87. The summed E-state index contributed by atoms with van der Waals surface area (Å²) in [5.74, 6) is -1.66. The van der Waals surface area contributed by atoms with Crippen molar-refractivity contribution in [3.05, 3.63) is 86.8 Å². The molecule has 3 aromatic carbocycles. The van der Waals surface area contributed by atoms with E-state index in [0.717, 1.165) is 0 Å². The molecule has 0 aliphatic heterocycles. The van der Waals surface area contributed by atoms with Crippen LogP contribution in [0.25, 0.3) is 0 Å². The molecule has 174 valence electrons. The number of amides is 2. The molecule has 8 nitrogen and oxygen atoms in total. The quantitative estimate of drug-likeness (QED) is 0.153. The molecule has 3 aromatic rings. The van der Waals surface area contributed by atoms with Crippen molar-refractivity contribution in [3.8, 4) is 11.5 Å². The molecule has 0 bridgehead atoms. The first kappa shape index (κ1) is 24.9. The molecule has 2 N–H and O–H groups in total. The van der Waals surface area contributed by atoms with Gasteiger partial charge in [-0.3, -0.25) is 9.59 Å². The summed E-state index contributed by atoms with van der Waals surface area (Å²) in [7, 11) is 1.53. The fraction of sp³-hybridized carbons (Fsp3) is 0.0833. The molecular formula is C24H19BrClN3O5. The number of halogens is 2. The highest BCUT2D eigenvalue weighted by Gasteiger charge is 2.15. The predicted molar refractivity (Wildman–Crippen MR) is 133 cm³/mol. The van der Waals surface area contributed by atoms with Crippen LogP contribution in [-0.2, 0) is 9.59 Å². The summed E-state index contributed by atoms with van der Waals surface area (Å²) in [6.07, 6.45) is 1.26. The Morgan fingerprint density at radius 2 is 1.76 bits per heavy atom. The van der Waals surface area contributed by atoms with Gasteiger partial charge in [-0.15, -0.1) is 0 Å². The molecule has 0 unspecified atom stereocenters. The van der Waals surface area contributed by atoms with Crippen LogP contribution in [0.3, 0.4) is 0 Å². The van der Waals surface area contributed by atoms with E-state index in [1.165, 1.54) is 13.3 Å². The average molecular weight is 545 g/mol. The number of nitrogens with zero attached hydrogens (tertiary/aromatic N) is 1. The second-order valence-corrected chi connectivity index (χ2v) is 8.19. The van der Waals surface area contributed by atoms with E-state index in [4.69, 9.17) is 21.1 Å². The van der Waals surface area contributed by atoms with Crippen molar-refractivity contribution < 1.29 is 23.9 Å². The number of methoxy groups -OCH3 is 1. The Bertz CT molecular complexity index is 1260. The van der Waals surface area contributed by atoms with Gasteiger partial charge in [0.2, 0.25) is 0 Å². The standard InChI is InChI=1S/C24H19BrClN3O5/c1-14-19(26)4-3-5-20(14)28-22(30)23(31)29-27-13-16-12-17(25)8-11-21(16)34-24(32)15-6-9-18(33-2)10-7-15/h3-13H,1-2H3,(H,28,30)(H,29,31)/b27-13+. The lowest BCUT2D eigenvalue weighted by atomic mass is 10.2. The normalized spacial score (nSPS) is 10.6. The van der Waals surface area contributed by atoms with Crippen molar-refractivity contribution in [2.75, 3.05) is 12.4 Å². The monoisotopic (exact) mass is 543 g/mol. The minimum atomic E-state index is -0.984. The van der Waals surface area contributed by atoms with E-state index in [1.807, 2.05) is 0 Å². The van der Waals surface area contributed by atoms with Crippen LogP contribution in [0.2, 0.25) is 5.02 Å². The van der Waals surface area contributed by atoms with Gasteiger partial charge in [0, 0.05) is 20.7 Å². The van der Waals surface area contributed by atoms with Crippen molar-refractivity contribution in [1.29, 1.82) is 0 Å². The SMILES string of the molecule is COc1ccc(C(=O)Oc2ccc(Br)cc2/C=N/NC(=O)C(=O)Nc2cccc(Cl)c2C)cc1. The molecule has 0 aromatic heterocycles. The van der Waals surface area contributed by atoms with Gasteiger partial charge >= 0.3 is 17.8 Å². The van der Waals surface area contributed by atoms with E-state index in [2.05, 4.69) is 31.8 Å². The first-order valence-corrected chi connectivity index (χ1v) is 11.0. The topological polar surface area (TPSA) is 106 Å². The Morgan fingerprint density at radius 1 is 1.03 bits per heavy atom. The molecule has 0 aliphatic rings. The van der Waals surface area contributed by atoms with Crippen LogP contribution >= 0.6 is 27.5 Å². The molecule has 0 aliphatic carbocycles. The minimum absolute atomic E-state index is 0.209. The maximum atomic E-state index is 12.5. The van der Waals surface area contributed by atoms with Crippen LogP contribution in [0, 0.1) is 6.92 Å². The third-order valence-corrected chi connectivity index (χ3v) is 5.49. The number of nitrogens with one attached hydrogen (secondary N) is 2. The van der Waals surface area contributed by atoms with Crippen LogP contribution in [0.5, 0.6) is 11.5 Å². The number of anilines is 1. The summed E-state index contributed by atoms with van der Waals surface area (Å²) in [6, 6.07) is 16.3. The van der Waals surface area contributed by atoms with Gasteiger partial charge in [0.15, 0.2) is 0 Å². The van der Waals surface area contributed by atoms with Crippen molar-refractivity contribution >= 4 is 57.2 Å². The van der Waals surface area contributed by atoms with Gasteiger partial charge in [0.25, 0.3) is 0 Å². The molecule has 34 heavy (non-hydrogen) atoms. The first-order valence-electron chi connectivity index (χ1n) is 9.83. The van der Waals surface area contributed by atoms with Gasteiger partial charge in [-0.2, -0.15) is 5.10 Å². The van der Waals surface area contributed by atoms with Gasteiger partial charge in [0.05, 0.1) is 18.9 Å². The Kier molecular flexibility index (Phi) is 8.39. The summed E-state index contributed by atoms with van der Waals surface area (Å²) in [5, 5.41) is 6.75. The largest absolute Gasteiger partial charge is 0.497 e. The average Bonchev–Trinajstić information content (AvgIpc) is 2.83. The molecular weight excluding hydrogens is 526 g/mol. The van der Waals surface area contributed by atoms with E-state index in [0.29, 0.717) is 37.6 Å². The number of hydrogen-bond donors (Lipinski definition) is 2. The zero-order valence-corrected chi connectivity index (χ0v) is 20.4. The lowest BCUT2D eigenvalue weighted by Gasteiger charge is -2.09. The van der Waals surface area contributed by atoms with Gasteiger partial charge in [0.1, 0.15) is 11.5 Å². The first-order chi connectivity index (χ1) is 16.3. The van der Waals surface area contributed by atoms with E-state index < -0.39 is 17.8 Å². The maximum Gasteiger partial charge on any atom is 0.343 e. The fourth-order valence-electron chi connectivity index (χ4n) is 2.73. The zero-order valence-electron chi connectivity index (χ0n) is 18.1. The number of hydrazone groups is 1. The molecule has 0 radical (unpaired) electrons. The van der Waals surface area contributed by atoms with Gasteiger partial charge < -0.3 is 14.8 Å². The van der Waals surface area contributed by atoms with E-state index in [1.54, 1.807) is 67.6 Å². The summed E-state index contributed by atoms with van der Waals surface area (Å²) in [5.41, 5.74) is 3.91. The lowest BCUT2D eigenvalue weighted by molar-refractivity contribution is -0.136. The number of carbonyl (C=O) groups excluding carboxylic acids is 3.